The van der Waals surface area contributed by atoms with Crippen LogP contribution < -0.4 is 11.2 Å². The van der Waals surface area contributed by atoms with Gasteiger partial charge in [-0.1, -0.05) is 42.1 Å². The van der Waals surface area contributed by atoms with Crippen molar-refractivity contribution in [2.24, 2.45) is 14.1 Å². The van der Waals surface area contributed by atoms with Gasteiger partial charge in [-0.05, 0) is 13.8 Å². The lowest BCUT2D eigenvalue weighted by Gasteiger charge is -2.14. The summed E-state index contributed by atoms with van der Waals surface area (Å²) in [6.45, 7) is 3.68. The number of carbonyl (C=O) groups is 1. The van der Waals surface area contributed by atoms with Crippen LogP contribution in [0, 0.1) is 0 Å². The van der Waals surface area contributed by atoms with Crippen molar-refractivity contribution in [2.75, 3.05) is 6.61 Å². The molecule has 0 spiro atoms. The normalized spacial score (nSPS) is 12.1. The maximum atomic E-state index is 12.8. The van der Waals surface area contributed by atoms with E-state index in [2.05, 4.69) is 9.97 Å². The molecule has 1 atom stereocenters. The number of thioether (sulfide) groups is 1. The summed E-state index contributed by atoms with van der Waals surface area (Å²) in [5, 5.41) is -0.0466. The number of aromatic nitrogens is 4. The van der Waals surface area contributed by atoms with E-state index in [1.807, 2.05) is 30.3 Å². The topological polar surface area (TPSA) is 96.1 Å². The van der Waals surface area contributed by atoms with Gasteiger partial charge < -0.3 is 4.74 Å². The van der Waals surface area contributed by atoms with Crippen molar-refractivity contribution in [1.29, 1.82) is 0 Å². The van der Waals surface area contributed by atoms with Crippen LogP contribution in [0.25, 0.3) is 22.4 Å². The molecule has 0 aliphatic heterocycles. The molecule has 0 aliphatic rings. The van der Waals surface area contributed by atoms with Gasteiger partial charge in [-0.2, -0.15) is 0 Å². The number of carbonyl (C=O) groups excluding carboxylic acids is 1. The molecular weight excluding hydrogens is 380 g/mol. The molecule has 0 bridgehead atoms. The summed E-state index contributed by atoms with van der Waals surface area (Å²) in [7, 11) is 2.95. The Morgan fingerprint density at radius 1 is 1.14 bits per heavy atom. The second-order valence-electron chi connectivity index (χ2n) is 6.13. The molecule has 0 amide bonds. The number of ether oxygens (including phenoxy) is 1. The van der Waals surface area contributed by atoms with E-state index in [-0.39, 0.29) is 17.6 Å². The van der Waals surface area contributed by atoms with Crippen LogP contribution in [0.2, 0.25) is 0 Å². The van der Waals surface area contributed by atoms with Crippen molar-refractivity contribution in [3.05, 3.63) is 51.2 Å². The summed E-state index contributed by atoms with van der Waals surface area (Å²) in [5.41, 5.74) is -0.0236. The highest BCUT2D eigenvalue weighted by atomic mass is 32.2. The standard InChI is InChI=1S/C19H20N4O4S/c1-5-27-18(25)11(2)28-16-13-15(22(3)19(26)23(4)17(13)24)20-14(21-16)12-9-7-6-8-10-12/h6-11H,5H2,1-4H3/t11-/m1/s1. The van der Waals surface area contributed by atoms with E-state index in [1.54, 1.807) is 20.9 Å². The zero-order chi connectivity index (χ0) is 20.4. The molecule has 0 N–H and O–H groups in total. The number of aryl methyl sites for hydroxylation is 1. The van der Waals surface area contributed by atoms with E-state index in [4.69, 9.17) is 4.74 Å². The molecule has 9 heteroatoms. The van der Waals surface area contributed by atoms with Crippen molar-refractivity contribution < 1.29 is 9.53 Å². The Morgan fingerprint density at radius 3 is 2.46 bits per heavy atom. The number of fused-ring (bicyclic) bond motifs is 1. The minimum absolute atomic E-state index is 0.199. The monoisotopic (exact) mass is 400 g/mol. The number of esters is 1. The molecule has 0 saturated heterocycles. The van der Waals surface area contributed by atoms with Crippen LogP contribution in [-0.2, 0) is 23.6 Å². The summed E-state index contributed by atoms with van der Waals surface area (Å²) in [4.78, 5) is 46.2. The summed E-state index contributed by atoms with van der Waals surface area (Å²) < 4.78 is 7.37. The summed E-state index contributed by atoms with van der Waals surface area (Å²) >= 11 is 1.11. The third-order valence-electron chi connectivity index (χ3n) is 4.21. The lowest BCUT2D eigenvalue weighted by molar-refractivity contribution is -0.142. The predicted octanol–water partition coefficient (Wildman–Crippen LogP) is 1.74. The van der Waals surface area contributed by atoms with Gasteiger partial charge >= 0.3 is 11.7 Å². The van der Waals surface area contributed by atoms with Crippen molar-refractivity contribution in [3.63, 3.8) is 0 Å². The van der Waals surface area contributed by atoms with Crippen LogP contribution in [0.3, 0.4) is 0 Å². The van der Waals surface area contributed by atoms with Crippen LogP contribution in [0.4, 0.5) is 0 Å². The van der Waals surface area contributed by atoms with Gasteiger partial charge in [0.15, 0.2) is 11.5 Å². The van der Waals surface area contributed by atoms with Crippen LogP contribution in [0.15, 0.2) is 44.9 Å². The van der Waals surface area contributed by atoms with Crippen molar-refractivity contribution >= 4 is 28.8 Å². The number of hydrogen-bond donors (Lipinski definition) is 0. The van der Waals surface area contributed by atoms with Gasteiger partial charge in [0.1, 0.15) is 15.7 Å². The van der Waals surface area contributed by atoms with Gasteiger partial charge in [0.05, 0.1) is 6.61 Å². The second-order valence-corrected chi connectivity index (χ2v) is 7.46. The average Bonchev–Trinajstić information content (AvgIpc) is 2.70. The Kier molecular flexibility index (Phi) is 5.64. The number of nitrogens with zero attached hydrogens (tertiary/aromatic N) is 4. The molecule has 0 fully saturated rings. The molecular formula is C19H20N4O4S. The smallest absolute Gasteiger partial charge is 0.332 e. The molecule has 0 aliphatic carbocycles. The molecule has 2 aromatic heterocycles. The Hall–Kier alpha value is -2.94. The van der Waals surface area contributed by atoms with E-state index in [1.165, 1.54) is 11.6 Å². The minimum Gasteiger partial charge on any atom is -0.465 e. The molecule has 3 aromatic rings. The lowest BCUT2D eigenvalue weighted by atomic mass is 10.2. The van der Waals surface area contributed by atoms with Crippen LogP contribution in [0.1, 0.15) is 13.8 Å². The highest BCUT2D eigenvalue weighted by molar-refractivity contribution is 8.00. The highest BCUT2D eigenvalue weighted by Gasteiger charge is 2.23. The molecule has 0 radical (unpaired) electrons. The minimum atomic E-state index is -0.580. The average molecular weight is 400 g/mol. The Balaban J connectivity index is 2.29. The van der Waals surface area contributed by atoms with Gasteiger partial charge in [0.2, 0.25) is 0 Å². The van der Waals surface area contributed by atoms with Gasteiger partial charge in [-0.15, -0.1) is 0 Å². The fourth-order valence-electron chi connectivity index (χ4n) is 2.71. The first-order valence-corrected chi connectivity index (χ1v) is 9.59. The quantitative estimate of drug-likeness (QED) is 0.366. The molecule has 146 valence electrons. The number of rotatable bonds is 5. The first-order valence-electron chi connectivity index (χ1n) is 8.71. The fraction of sp³-hybridized carbons (Fsp3) is 0.316. The zero-order valence-electron chi connectivity index (χ0n) is 16.0. The first kappa shape index (κ1) is 19.8. The third kappa shape index (κ3) is 3.57. The second kappa shape index (κ2) is 7.97. The molecule has 1 aromatic carbocycles. The first-order chi connectivity index (χ1) is 13.3. The molecule has 28 heavy (non-hydrogen) atoms. The molecule has 0 saturated carbocycles. The van der Waals surface area contributed by atoms with E-state index < -0.39 is 22.5 Å². The van der Waals surface area contributed by atoms with E-state index >= 15 is 0 Å². The van der Waals surface area contributed by atoms with Crippen LogP contribution >= 0.6 is 11.8 Å². The van der Waals surface area contributed by atoms with Gasteiger partial charge in [0.25, 0.3) is 5.56 Å². The number of hydrogen-bond acceptors (Lipinski definition) is 7. The molecule has 2 heterocycles. The Morgan fingerprint density at radius 2 is 1.82 bits per heavy atom. The van der Waals surface area contributed by atoms with Crippen molar-refractivity contribution in [3.8, 4) is 11.4 Å². The maximum absolute atomic E-state index is 12.8. The maximum Gasteiger partial charge on any atom is 0.332 e. The van der Waals surface area contributed by atoms with Gasteiger partial charge in [-0.3, -0.25) is 18.7 Å². The molecule has 8 nitrogen and oxygen atoms in total. The van der Waals surface area contributed by atoms with E-state index in [9.17, 15) is 14.4 Å². The summed E-state index contributed by atoms with van der Waals surface area (Å²) in [5.74, 6) is -0.0305. The Bertz CT molecular complexity index is 1150. The van der Waals surface area contributed by atoms with Crippen molar-refractivity contribution in [2.45, 2.75) is 24.1 Å². The van der Waals surface area contributed by atoms with Gasteiger partial charge in [-0.25, -0.2) is 14.8 Å². The summed E-state index contributed by atoms with van der Waals surface area (Å²) in [6, 6.07) is 9.24. The van der Waals surface area contributed by atoms with E-state index in [0.29, 0.717) is 10.9 Å². The largest absolute Gasteiger partial charge is 0.465 e. The molecule has 0 unspecified atom stereocenters. The van der Waals surface area contributed by atoms with E-state index in [0.717, 1.165) is 21.9 Å². The fourth-order valence-corrected chi connectivity index (χ4v) is 3.64. The number of benzene rings is 1. The van der Waals surface area contributed by atoms with Crippen LogP contribution in [0.5, 0.6) is 0 Å². The van der Waals surface area contributed by atoms with Crippen molar-refractivity contribution in [1.82, 2.24) is 19.1 Å². The highest BCUT2D eigenvalue weighted by Crippen LogP contribution is 2.29. The third-order valence-corrected chi connectivity index (χ3v) is 5.27. The van der Waals surface area contributed by atoms with Crippen LogP contribution in [-0.4, -0.2) is 36.9 Å². The SMILES string of the molecule is CCOC(=O)[C@@H](C)Sc1nc(-c2ccccc2)nc2c1c(=O)n(C)c(=O)n2C. The lowest BCUT2D eigenvalue weighted by Crippen LogP contribution is -2.37. The van der Waals surface area contributed by atoms with Gasteiger partial charge in [0, 0.05) is 19.7 Å². The summed E-state index contributed by atoms with van der Waals surface area (Å²) in [6.07, 6.45) is 0. The Labute approximate surface area is 165 Å². The predicted molar refractivity (Wildman–Crippen MR) is 107 cm³/mol. The molecule has 3 rings (SSSR count). The zero-order valence-corrected chi connectivity index (χ0v) is 16.8.